The lowest BCUT2D eigenvalue weighted by Crippen LogP contribution is -2.33. The van der Waals surface area contributed by atoms with Gasteiger partial charge in [-0.05, 0) is 36.8 Å². The number of nitrogens with zero attached hydrogens (tertiary/aromatic N) is 1. The molecule has 0 N–H and O–H groups in total. The van der Waals surface area contributed by atoms with Crippen LogP contribution in [0.1, 0.15) is 11.1 Å². The molecule has 2 aromatic rings. The number of rotatable bonds is 2. The number of hydrogen-bond acceptors (Lipinski definition) is 2. The van der Waals surface area contributed by atoms with Gasteiger partial charge in [0.1, 0.15) is 0 Å². The molecule has 2 nitrogen and oxygen atoms in total. The Bertz CT molecular complexity index is 601. The maximum Gasteiger partial charge on any atom is 0.153 e. The first kappa shape index (κ1) is 12.0. The topological polar surface area (TPSA) is 12.5 Å². The molecule has 1 atom stereocenters. The van der Waals surface area contributed by atoms with Gasteiger partial charge < -0.3 is 9.64 Å². The third-order valence-electron chi connectivity index (χ3n) is 3.44. The van der Waals surface area contributed by atoms with E-state index in [1.807, 2.05) is 0 Å². The summed E-state index contributed by atoms with van der Waals surface area (Å²) in [6.07, 6.45) is 4.15. The summed E-state index contributed by atoms with van der Waals surface area (Å²) in [4.78, 5) is 2.22. The van der Waals surface area contributed by atoms with Crippen LogP contribution in [-0.4, -0.2) is 13.3 Å². The van der Waals surface area contributed by atoms with E-state index in [1.54, 1.807) is 7.11 Å². The SMILES string of the molecule is COC1C=Cc2ccccc2N1c1ccc(C)cc1. The first-order valence-electron chi connectivity index (χ1n) is 6.45. The van der Waals surface area contributed by atoms with Gasteiger partial charge in [0.05, 0.1) is 5.69 Å². The smallest absolute Gasteiger partial charge is 0.153 e. The molecule has 1 unspecified atom stereocenters. The number of benzene rings is 2. The fourth-order valence-electron chi connectivity index (χ4n) is 2.43. The molecule has 3 rings (SSSR count). The number of fused-ring (bicyclic) bond motifs is 1. The second-order valence-electron chi connectivity index (χ2n) is 4.75. The van der Waals surface area contributed by atoms with Crippen molar-refractivity contribution in [3.05, 3.63) is 65.7 Å². The molecule has 0 spiro atoms. The van der Waals surface area contributed by atoms with Crippen LogP contribution in [0.3, 0.4) is 0 Å². The number of ether oxygens (including phenoxy) is 1. The molecule has 19 heavy (non-hydrogen) atoms. The maximum absolute atomic E-state index is 5.58. The van der Waals surface area contributed by atoms with E-state index >= 15 is 0 Å². The summed E-state index contributed by atoms with van der Waals surface area (Å²) in [5.74, 6) is 0. The zero-order valence-corrected chi connectivity index (χ0v) is 11.2. The first-order valence-corrected chi connectivity index (χ1v) is 6.45. The lowest BCUT2D eigenvalue weighted by Gasteiger charge is -2.34. The minimum atomic E-state index is -0.0578. The normalized spacial score (nSPS) is 17.4. The minimum absolute atomic E-state index is 0.0578. The Hall–Kier alpha value is -2.06. The van der Waals surface area contributed by atoms with E-state index in [9.17, 15) is 0 Å². The van der Waals surface area contributed by atoms with Crippen LogP contribution in [0.2, 0.25) is 0 Å². The van der Waals surface area contributed by atoms with Gasteiger partial charge in [-0.1, -0.05) is 42.0 Å². The summed E-state index contributed by atoms with van der Waals surface area (Å²) in [5, 5.41) is 0. The second kappa shape index (κ2) is 4.90. The van der Waals surface area contributed by atoms with E-state index in [-0.39, 0.29) is 6.23 Å². The Morgan fingerprint density at radius 3 is 2.47 bits per heavy atom. The van der Waals surface area contributed by atoms with Gasteiger partial charge in [-0.25, -0.2) is 0 Å². The summed E-state index contributed by atoms with van der Waals surface area (Å²) in [5.41, 5.74) is 4.81. The van der Waals surface area contributed by atoms with Crippen molar-refractivity contribution < 1.29 is 4.74 Å². The van der Waals surface area contributed by atoms with Gasteiger partial charge in [0, 0.05) is 12.8 Å². The van der Waals surface area contributed by atoms with E-state index in [2.05, 4.69) is 72.5 Å². The Morgan fingerprint density at radius 1 is 1.00 bits per heavy atom. The fraction of sp³-hybridized carbons (Fsp3) is 0.176. The molecule has 2 aromatic carbocycles. The molecule has 2 heteroatoms. The Labute approximate surface area is 113 Å². The predicted octanol–water partition coefficient (Wildman–Crippen LogP) is 4.13. The molecule has 1 aliphatic heterocycles. The van der Waals surface area contributed by atoms with E-state index in [1.165, 1.54) is 16.8 Å². The molecule has 0 saturated carbocycles. The zero-order chi connectivity index (χ0) is 13.2. The van der Waals surface area contributed by atoms with Crippen LogP contribution < -0.4 is 4.90 Å². The van der Waals surface area contributed by atoms with Crippen LogP contribution in [-0.2, 0) is 4.74 Å². The average molecular weight is 251 g/mol. The average Bonchev–Trinajstić information content (AvgIpc) is 2.47. The zero-order valence-electron chi connectivity index (χ0n) is 11.2. The van der Waals surface area contributed by atoms with Gasteiger partial charge in [0.2, 0.25) is 0 Å². The van der Waals surface area contributed by atoms with Crippen molar-refractivity contribution >= 4 is 17.5 Å². The van der Waals surface area contributed by atoms with Crippen LogP contribution in [0, 0.1) is 6.92 Å². The molecule has 0 fully saturated rings. The Morgan fingerprint density at radius 2 is 1.74 bits per heavy atom. The van der Waals surface area contributed by atoms with E-state index in [0.717, 1.165) is 5.69 Å². The van der Waals surface area contributed by atoms with Crippen molar-refractivity contribution in [2.75, 3.05) is 12.0 Å². The van der Waals surface area contributed by atoms with Crippen LogP contribution in [0.5, 0.6) is 0 Å². The number of hydrogen-bond donors (Lipinski definition) is 0. The van der Waals surface area contributed by atoms with E-state index in [0.29, 0.717) is 0 Å². The fourth-order valence-corrected chi connectivity index (χ4v) is 2.43. The number of anilines is 2. The van der Waals surface area contributed by atoms with Crippen molar-refractivity contribution in [1.29, 1.82) is 0 Å². The standard InChI is InChI=1S/C17H17NO/c1-13-7-10-15(11-8-13)18-16-6-4-3-5-14(16)9-12-17(18)19-2/h3-12,17H,1-2H3. The molecule has 1 aliphatic rings. The Kier molecular flexibility index (Phi) is 3.10. The highest BCUT2D eigenvalue weighted by molar-refractivity contribution is 5.78. The summed E-state index contributed by atoms with van der Waals surface area (Å²) < 4.78 is 5.58. The van der Waals surface area contributed by atoms with Gasteiger partial charge in [-0.15, -0.1) is 0 Å². The largest absolute Gasteiger partial charge is 0.358 e. The van der Waals surface area contributed by atoms with E-state index < -0.39 is 0 Å². The molecule has 1 heterocycles. The maximum atomic E-state index is 5.58. The molecule has 96 valence electrons. The van der Waals surface area contributed by atoms with Crippen LogP contribution in [0.15, 0.2) is 54.6 Å². The highest BCUT2D eigenvalue weighted by Crippen LogP contribution is 2.35. The monoisotopic (exact) mass is 251 g/mol. The third-order valence-corrected chi connectivity index (χ3v) is 3.44. The Balaban J connectivity index is 2.10. The third kappa shape index (κ3) is 2.15. The minimum Gasteiger partial charge on any atom is -0.358 e. The molecule has 0 aromatic heterocycles. The summed E-state index contributed by atoms with van der Waals surface area (Å²) in [6.45, 7) is 2.10. The van der Waals surface area contributed by atoms with Crippen LogP contribution in [0.4, 0.5) is 11.4 Å². The first-order chi connectivity index (χ1) is 9.29. The summed E-state index contributed by atoms with van der Waals surface area (Å²) in [6, 6.07) is 16.9. The van der Waals surface area contributed by atoms with Gasteiger partial charge in [0.15, 0.2) is 6.23 Å². The number of para-hydroxylation sites is 1. The van der Waals surface area contributed by atoms with Crippen LogP contribution >= 0.6 is 0 Å². The predicted molar refractivity (Wildman–Crippen MR) is 79.6 cm³/mol. The van der Waals surface area contributed by atoms with Crippen molar-refractivity contribution in [3.8, 4) is 0 Å². The lowest BCUT2D eigenvalue weighted by molar-refractivity contribution is 0.146. The molecule has 0 amide bonds. The second-order valence-corrected chi connectivity index (χ2v) is 4.75. The molecular weight excluding hydrogens is 234 g/mol. The van der Waals surface area contributed by atoms with Gasteiger partial charge in [-0.2, -0.15) is 0 Å². The highest BCUT2D eigenvalue weighted by atomic mass is 16.5. The van der Waals surface area contributed by atoms with Crippen LogP contribution in [0.25, 0.3) is 6.08 Å². The summed E-state index contributed by atoms with van der Waals surface area (Å²) in [7, 11) is 1.74. The van der Waals surface area contributed by atoms with Crippen molar-refractivity contribution in [3.63, 3.8) is 0 Å². The van der Waals surface area contributed by atoms with Gasteiger partial charge in [0.25, 0.3) is 0 Å². The molecule has 0 aliphatic carbocycles. The number of aryl methyl sites for hydroxylation is 1. The summed E-state index contributed by atoms with van der Waals surface area (Å²) >= 11 is 0. The van der Waals surface area contributed by atoms with Crippen molar-refractivity contribution in [1.82, 2.24) is 0 Å². The quantitative estimate of drug-likeness (QED) is 0.795. The molecule has 0 bridgehead atoms. The van der Waals surface area contributed by atoms with E-state index in [4.69, 9.17) is 4.74 Å². The van der Waals surface area contributed by atoms with Gasteiger partial charge >= 0.3 is 0 Å². The highest BCUT2D eigenvalue weighted by Gasteiger charge is 2.23. The molecular formula is C17H17NO. The van der Waals surface area contributed by atoms with Gasteiger partial charge in [-0.3, -0.25) is 0 Å². The lowest BCUT2D eigenvalue weighted by atomic mass is 10.1. The molecule has 0 saturated heterocycles. The van der Waals surface area contributed by atoms with Crippen molar-refractivity contribution in [2.45, 2.75) is 13.2 Å². The molecule has 0 radical (unpaired) electrons. The van der Waals surface area contributed by atoms with Crippen molar-refractivity contribution in [2.24, 2.45) is 0 Å². The number of methoxy groups -OCH3 is 1.